The molecule has 6 nitrogen and oxygen atoms in total. The standard InChI is InChI=1S/C14H19N5O/c1-11-8-13(19-18-11)14(20)17-7-3-6-16-10-12-4-2-5-15-9-12/h2,4-5,8-9,16H,3,6-7,10H2,1H3,(H,17,20)(H,18,19). The molecule has 0 fully saturated rings. The van der Waals surface area contributed by atoms with Crippen molar-refractivity contribution in [1.82, 2.24) is 25.8 Å². The van der Waals surface area contributed by atoms with Crippen molar-refractivity contribution in [2.24, 2.45) is 0 Å². The minimum atomic E-state index is -0.137. The fourth-order valence-corrected chi connectivity index (χ4v) is 1.78. The third-order valence-corrected chi connectivity index (χ3v) is 2.81. The molecule has 0 spiro atoms. The molecule has 0 aliphatic heterocycles. The van der Waals surface area contributed by atoms with Crippen molar-refractivity contribution in [3.63, 3.8) is 0 Å². The van der Waals surface area contributed by atoms with Gasteiger partial charge in [-0.3, -0.25) is 14.9 Å². The van der Waals surface area contributed by atoms with Gasteiger partial charge in [-0.05, 0) is 37.6 Å². The molecular weight excluding hydrogens is 254 g/mol. The Morgan fingerprint density at radius 2 is 2.30 bits per heavy atom. The van der Waals surface area contributed by atoms with Crippen LogP contribution in [-0.2, 0) is 6.54 Å². The molecular formula is C14H19N5O. The minimum Gasteiger partial charge on any atom is -0.351 e. The van der Waals surface area contributed by atoms with E-state index in [1.165, 1.54) is 0 Å². The largest absolute Gasteiger partial charge is 0.351 e. The second-order valence-electron chi connectivity index (χ2n) is 4.58. The maximum Gasteiger partial charge on any atom is 0.271 e. The van der Waals surface area contributed by atoms with Crippen LogP contribution in [0.2, 0.25) is 0 Å². The first-order valence-corrected chi connectivity index (χ1v) is 6.65. The number of carbonyl (C=O) groups excluding carboxylic acids is 1. The molecule has 1 amide bonds. The van der Waals surface area contributed by atoms with Gasteiger partial charge in [0.15, 0.2) is 0 Å². The Hall–Kier alpha value is -2.21. The van der Waals surface area contributed by atoms with E-state index in [9.17, 15) is 4.79 Å². The molecule has 3 N–H and O–H groups in total. The quantitative estimate of drug-likeness (QED) is 0.658. The molecule has 0 bridgehead atoms. The first-order chi connectivity index (χ1) is 9.75. The number of H-pyrrole nitrogens is 1. The van der Waals surface area contributed by atoms with Crippen LogP contribution in [0.4, 0.5) is 0 Å². The third kappa shape index (κ3) is 4.47. The Morgan fingerprint density at radius 3 is 3.00 bits per heavy atom. The zero-order chi connectivity index (χ0) is 14.2. The van der Waals surface area contributed by atoms with E-state index in [4.69, 9.17) is 0 Å². The van der Waals surface area contributed by atoms with Crippen LogP contribution in [0, 0.1) is 6.92 Å². The summed E-state index contributed by atoms with van der Waals surface area (Å²) in [5, 5.41) is 12.8. The number of hydrogen-bond acceptors (Lipinski definition) is 4. The number of nitrogens with zero attached hydrogens (tertiary/aromatic N) is 2. The summed E-state index contributed by atoms with van der Waals surface area (Å²) in [5.74, 6) is -0.137. The van der Waals surface area contributed by atoms with E-state index in [2.05, 4.69) is 25.8 Å². The highest BCUT2D eigenvalue weighted by molar-refractivity contribution is 5.92. The van der Waals surface area contributed by atoms with Gasteiger partial charge < -0.3 is 10.6 Å². The van der Waals surface area contributed by atoms with E-state index in [-0.39, 0.29) is 5.91 Å². The molecule has 2 aromatic rings. The van der Waals surface area contributed by atoms with Gasteiger partial charge in [-0.15, -0.1) is 0 Å². The first-order valence-electron chi connectivity index (χ1n) is 6.65. The number of aromatic nitrogens is 3. The SMILES string of the molecule is Cc1cc(C(=O)NCCCNCc2cccnc2)n[nH]1. The Bertz CT molecular complexity index is 538. The van der Waals surface area contributed by atoms with Crippen LogP contribution < -0.4 is 10.6 Å². The van der Waals surface area contributed by atoms with Crippen molar-refractivity contribution in [1.29, 1.82) is 0 Å². The highest BCUT2D eigenvalue weighted by atomic mass is 16.1. The van der Waals surface area contributed by atoms with Gasteiger partial charge >= 0.3 is 0 Å². The predicted octanol–water partition coefficient (Wildman–Crippen LogP) is 1.02. The van der Waals surface area contributed by atoms with Gasteiger partial charge in [0.25, 0.3) is 5.91 Å². The lowest BCUT2D eigenvalue weighted by Crippen LogP contribution is -2.27. The molecule has 0 atom stereocenters. The molecule has 0 aromatic carbocycles. The molecule has 0 radical (unpaired) electrons. The third-order valence-electron chi connectivity index (χ3n) is 2.81. The Balaban J connectivity index is 1.57. The fraction of sp³-hybridized carbons (Fsp3) is 0.357. The van der Waals surface area contributed by atoms with Crippen LogP contribution in [0.3, 0.4) is 0 Å². The van der Waals surface area contributed by atoms with Gasteiger partial charge in [0.1, 0.15) is 5.69 Å². The summed E-state index contributed by atoms with van der Waals surface area (Å²) in [6.45, 7) is 4.13. The monoisotopic (exact) mass is 273 g/mol. The Labute approximate surface area is 118 Å². The molecule has 0 aliphatic rings. The van der Waals surface area contributed by atoms with Crippen LogP contribution in [0.5, 0.6) is 0 Å². The number of carbonyl (C=O) groups is 1. The molecule has 2 rings (SSSR count). The van der Waals surface area contributed by atoms with Gasteiger partial charge in [0.05, 0.1) is 0 Å². The summed E-state index contributed by atoms with van der Waals surface area (Å²) in [6, 6.07) is 5.68. The second-order valence-corrected chi connectivity index (χ2v) is 4.58. The average Bonchev–Trinajstić information content (AvgIpc) is 2.90. The highest BCUT2D eigenvalue weighted by Gasteiger charge is 2.07. The van der Waals surface area contributed by atoms with E-state index in [0.29, 0.717) is 12.2 Å². The summed E-state index contributed by atoms with van der Waals surface area (Å²) in [7, 11) is 0. The molecule has 2 aromatic heterocycles. The number of aromatic amines is 1. The van der Waals surface area contributed by atoms with Crippen LogP contribution in [0.1, 0.15) is 28.2 Å². The maximum absolute atomic E-state index is 11.7. The lowest BCUT2D eigenvalue weighted by Gasteiger charge is -2.05. The lowest BCUT2D eigenvalue weighted by molar-refractivity contribution is 0.0948. The summed E-state index contributed by atoms with van der Waals surface area (Å²) < 4.78 is 0. The van der Waals surface area contributed by atoms with Crippen molar-refractivity contribution in [3.05, 3.63) is 47.5 Å². The minimum absolute atomic E-state index is 0.137. The molecule has 0 unspecified atom stereocenters. The molecule has 20 heavy (non-hydrogen) atoms. The molecule has 0 saturated carbocycles. The average molecular weight is 273 g/mol. The molecule has 6 heteroatoms. The number of nitrogens with one attached hydrogen (secondary N) is 3. The molecule has 0 aliphatic carbocycles. The van der Waals surface area contributed by atoms with Crippen molar-refractivity contribution in [2.45, 2.75) is 19.9 Å². The number of amides is 1. The van der Waals surface area contributed by atoms with E-state index in [1.807, 2.05) is 25.3 Å². The first kappa shape index (κ1) is 14.2. The number of aryl methyl sites for hydroxylation is 1. The summed E-state index contributed by atoms with van der Waals surface area (Å²) in [5.41, 5.74) is 2.47. The predicted molar refractivity (Wildman–Crippen MR) is 76.2 cm³/mol. The zero-order valence-corrected chi connectivity index (χ0v) is 11.5. The van der Waals surface area contributed by atoms with Crippen LogP contribution >= 0.6 is 0 Å². The van der Waals surface area contributed by atoms with Crippen molar-refractivity contribution < 1.29 is 4.79 Å². The topological polar surface area (TPSA) is 82.7 Å². The normalized spacial score (nSPS) is 10.4. The van der Waals surface area contributed by atoms with Crippen LogP contribution in [0.15, 0.2) is 30.6 Å². The molecule has 0 saturated heterocycles. The van der Waals surface area contributed by atoms with E-state index >= 15 is 0 Å². The number of hydrogen-bond donors (Lipinski definition) is 3. The van der Waals surface area contributed by atoms with Gasteiger partial charge in [-0.25, -0.2) is 0 Å². The van der Waals surface area contributed by atoms with Crippen molar-refractivity contribution in [2.75, 3.05) is 13.1 Å². The van der Waals surface area contributed by atoms with Gasteiger partial charge in [0.2, 0.25) is 0 Å². The number of pyridine rings is 1. The Morgan fingerprint density at radius 1 is 1.40 bits per heavy atom. The summed E-state index contributed by atoms with van der Waals surface area (Å²) in [6.07, 6.45) is 4.47. The smallest absolute Gasteiger partial charge is 0.271 e. The zero-order valence-electron chi connectivity index (χ0n) is 11.5. The molecule has 106 valence electrons. The van der Waals surface area contributed by atoms with Crippen LogP contribution in [-0.4, -0.2) is 34.2 Å². The fourth-order valence-electron chi connectivity index (χ4n) is 1.78. The van der Waals surface area contributed by atoms with Crippen LogP contribution in [0.25, 0.3) is 0 Å². The van der Waals surface area contributed by atoms with Crippen molar-refractivity contribution in [3.8, 4) is 0 Å². The lowest BCUT2D eigenvalue weighted by atomic mass is 10.3. The van der Waals surface area contributed by atoms with E-state index < -0.39 is 0 Å². The highest BCUT2D eigenvalue weighted by Crippen LogP contribution is 1.97. The Kier molecular flexibility index (Phi) is 5.25. The summed E-state index contributed by atoms with van der Waals surface area (Å²) >= 11 is 0. The van der Waals surface area contributed by atoms with Gasteiger partial charge in [0, 0.05) is 31.2 Å². The maximum atomic E-state index is 11.7. The molecule has 2 heterocycles. The van der Waals surface area contributed by atoms with E-state index in [1.54, 1.807) is 12.3 Å². The number of rotatable bonds is 7. The van der Waals surface area contributed by atoms with Gasteiger partial charge in [-0.1, -0.05) is 6.07 Å². The summed E-state index contributed by atoms with van der Waals surface area (Å²) in [4.78, 5) is 15.7. The second kappa shape index (κ2) is 7.40. The van der Waals surface area contributed by atoms with Gasteiger partial charge in [-0.2, -0.15) is 5.10 Å². The van der Waals surface area contributed by atoms with E-state index in [0.717, 1.165) is 30.8 Å². The van der Waals surface area contributed by atoms with Crippen molar-refractivity contribution >= 4 is 5.91 Å².